The van der Waals surface area contributed by atoms with E-state index in [9.17, 15) is 4.79 Å². The van der Waals surface area contributed by atoms with E-state index in [1.807, 2.05) is 25.1 Å². The standard InChI is InChI=1S/C15H20N2O3/c1-9-6-13(19-2)14(20-3)8-12(9)17-15(18)10-4-5-11(16)7-10/h4-6,8,10-11H,7,16H2,1-3H3,(H,17,18). The van der Waals surface area contributed by atoms with E-state index >= 15 is 0 Å². The van der Waals surface area contributed by atoms with Gasteiger partial charge in [-0.25, -0.2) is 0 Å². The molecule has 2 rings (SSSR count). The Kier molecular flexibility index (Phi) is 4.29. The van der Waals surface area contributed by atoms with Crippen LogP contribution in [0.25, 0.3) is 0 Å². The summed E-state index contributed by atoms with van der Waals surface area (Å²) >= 11 is 0. The molecule has 108 valence electrons. The molecule has 3 N–H and O–H groups in total. The maximum Gasteiger partial charge on any atom is 0.231 e. The average molecular weight is 276 g/mol. The number of hydrogen-bond acceptors (Lipinski definition) is 4. The molecule has 2 unspecified atom stereocenters. The van der Waals surface area contributed by atoms with Crippen LogP contribution in [0.5, 0.6) is 11.5 Å². The molecule has 0 spiro atoms. The molecule has 0 saturated heterocycles. The second-order valence-corrected chi connectivity index (χ2v) is 4.90. The summed E-state index contributed by atoms with van der Waals surface area (Å²) in [6.45, 7) is 1.91. The fourth-order valence-electron chi connectivity index (χ4n) is 2.26. The first-order valence-electron chi connectivity index (χ1n) is 6.52. The highest BCUT2D eigenvalue weighted by Crippen LogP contribution is 2.33. The molecule has 0 radical (unpaired) electrons. The summed E-state index contributed by atoms with van der Waals surface area (Å²) < 4.78 is 10.5. The van der Waals surface area contributed by atoms with Crippen LogP contribution in [-0.2, 0) is 4.79 Å². The topological polar surface area (TPSA) is 73.6 Å². The second kappa shape index (κ2) is 5.96. The third-order valence-corrected chi connectivity index (χ3v) is 3.44. The normalized spacial score (nSPS) is 20.8. The number of methoxy groups -OCH3 is 2. The Hall–Kier alpha value is -2.01. The monoisotopic (exact) mass is 276 g/mol. The van der Waals surface area contributed by atoms with E-state index in [-0.39, 0.29) is 17.9 Å². The molecule has 5 heteroatoms. The Morgan fingerprint density at radius 1 is 1.25 bits per heavy atom. The summed E-state index contributed by atoms with van der Waals surface area (Å²) in [4.78, 5) is 12.2. The van der Waals surface area contributed by atoms with Gasteiger partial charge in [0.05, 0.1) is 20.1 Å². The van der Waals surface area contributed by atoms with Crippen LogP contribution in [0.4, 0.5) is 5.69 Å². The van der Waals surface area contributed by atoms with Crippen LogP contribution in [0.2, 0.25) is 0 Å². The first-order valence-corrected chi connectivity index (χ1v) is 6.52. The molecule has 1 amide bonds. The van der Waals surface area contributed by atoms with Gasteiger partial charge in [0.15, 0.2) is 11.5 Å². The van der Waals surface area contributed by atoms with Crippen molar-refractivity contribution in [1.82, 2.24) is 0 Å². The highest BCUT2D eigenvalue weighted by Gasteiger charge is 2.23. The summed E-state index contributed by atoms with van der Waals surface area (Å²) in [7, 11) is 3.15. The lowest BCUT2D eigenvalue weighted by atomic mass is 10.1. The van der Waals surface area contributed by atoms with Crippen LogP contribution >= 0.6 is 0 Å². The number of carbonyl (C=O) groups excluding carboxylic acids is 1. The Labute approximate surface area is 118 Å². The minimum Gasteiger partial charge on any atom is -0.493 e. The molecule has 1 aliphatic rings. The van der Waals surface area contributed by atoms with Gasteiger partial charge in [0.2, 0.25) is 5.91 Å². The van der Waals surface area contributed by atoms with Crippen molar-refractivity contribution in [2.24, 2.45) is 11.7 Å². The first kappa shape index (κ1) is 14.4. The number of nitrogens with one attached hydrogen (secondary N) is 1. The number of anilines is 1. The van der Waals surface area contributed by atoms with Crippen LogP contribution in [0.15, 0.2) is 24.3 Å². The first-order chi connectivity index (χ1) is 9.55. The van der Waals surface area contributed by atoms with Crippen LogP contribution in [0.1, 0.15) is 12.0 Å². The number of aryl methyl sites for hydroxylation is 1. The van der Waals surface area contributed by atoms with Crippen LogP contribution in [-0.4, -0.2) is 26.2 Å². The van der Waals surface area contributed by atoms with Crippen molar-refractivity contribution in [3.8, 4) is 11.5 Å². The third-order valence-electron chi connectivity index (χ3n) is 3.44. The number of amides is 1. The van der Waals surface area contributed by atoms with E-state index in [4.69, 9.17) is 15.2 Å². The predicted octanol–water partition coefficient (Wildman–Crippen LogP) is 1.85. The Morgan fingerprint density at radius 2 is 1.90 bits per heavy atom. The van der Waals surface area contributed by atoms with Gasteiger partial charge in [0.1, 0.15) is 0 Å². The van der Waals surface area contributed by atoms with Gasteiger partial charge in [-0.1, -0.05) is 12.2 Å². The number of ether oxygens (including phenoxy) is 2. The van der Waals surface area contributed by atoms with Crippen LogP contribution in [0.3, 0.4) is 0 Å². The van der Waals surface area contributed by atoms with Crippen molar-refractivity contribution in [2.75, 3.05) is 19.5 Å². The molecule has 2 atom stereocenters. The molecule has 0 aromatic heterocycles. The third kappa shape index (κ3) is 2.93. The Balaban J connectivity index is 2.17. The largest absolute Gasteiger partial charge is 0.493 e. The minimum atomic E-state index is -0.169. The zero-order valence-electron chi connectivity index (χ0n) is 12.0. The lowest BCUT2D eigenvalue weighted by molar-refractivity contribution is -0.118. The zero-order valence-corrected chi connectivity index (χ0v) is 12.0. The molecular weight excluding hydrogens is 256 g/mol. The fourth-order valence-corrected chi connectivity index (χ4v) is 2.26. The zero-order chi connectivity index (χ0) is 14.7. The SMILES string of the molecule is COc1cc(C)c(NC(=O)C2C=CC(N)C2)cc1OC. The quantitative estimate of drug-likeness (QED) is 0.823. The summed E-state index contributed by atoms with van der Waals surface area (Å²) in [5.74, 6) is 1.01. The summed E-state index contributed by atoms with van der Waals surface area (Å²) in [6, 6.07) is 3.58. The van der Waals surface area contributed by atoms with Crippen molar-refractivity contribution >= 4 is 11.6 Å². The molecule has 1 aromatic rings. The van der Waals surface area contributed by atoms with E-state index < -0.39 is 0 Å². The van der Waals surface area contributed by atoms with Crippen molar-refractivity contribution in [1.29, 1.82) is 0 Å². The lowest BCUT2D eigenvalue weighted by Gasteiger charge is -2.15. The maximum atomic E-state index is 12.2. The van der Waals surface area contributed by atoms with Crippen molar-refractivity contribution in [2.45, 2.75) is 19.4 Å². The van der Waals surface area contributed by atoms with E-state index in [1.54, 1.807) is 20.3 Å². The molecule has 1 aliphatic carbocycles. The maximum absolute atomic E-state index is 12.2. The van der Waals surface area contributed by atoms with Gasteiger partial charge >= 0.3 is 0 Å². The van der Waals surface area contributed by atoms with Gasteiger partial charge in [0, 0.05) is 17.8 Å². The summed E-state index contributed by atoms with van der Waals surface area (Å²) in [5.41, 5.74) is 7.41. The average Bonchev–Trinajstić information content (AvgIpc) is 2.87. The molecule has 20 heavy (non-hydrogen) atoms. The van der Waals surface area contributed by atoms with E-state index in [0.717, 1.165) is 11.3 Å². The van der Waals surface area contributed by atoms with Crippen LogP contribution < -0.4 is 20.5 Å². The molecule has 0 saturated carbocycles. The Bertz CT molecular complexity index is 540. The van der Waals surface area contributed by atoms with Crippen molar-refractivity contribution in [3.05, 3.63) is 29.8 Å². The van der Waals surface area contributed by atoms with E-state index in [1.165, 1.54) is 0 Å². The van der Waals surface area contributed by atoms with Crippen molar-refractivity contribution < 1.29 is 14.3 Å². The minimum absolute atomic E-state index is 0.0303. The molecular formula is C15H20N2O3. The van der Waals surface area contributed by atoms with Gasteiger partial charge in [-0.15, -0.1) is 0 Å². The van der Waals surface area contributed by atoms with Crippen LogP contribution in [0, 0.1) is 12.8 Å². The number of carbonyl (C=O) groups is 1. The smallest absolute Gasteiger partial charge is 0.231 e. The molecule has 0 bridgehead atoms. The van der Waals surface area contributed by atoms with Gasteiger partial charge in [-0.3, -0.25) is 4.79 Å². The number of nitrogens with two attached hydrogens (primary N) is 1. The Morgan fingerprint density at radius 3 is 2.45 bits per heavy atom. The summed E-state index contributed by atoms with van der Waals surface area (Å²) in [5, 5.41) is 2.92. The molecule has 0 fully saturated rings. The number of hydrogen-bond donors (Lipinski definition) is 2. The van der Waals surface area contributed by atoms with Gasteiger partial charge in [-0.2, -0.15) is 0 Å². The molecule has 0 aliphatic heterocycles. The fraction of sp³-hybridized carbons (Fsp3) is 0.400. The van der Waals surface area contributed by atoms with E-state index in [0.29, 0.717) is 17.9 Å². The second-order valence-electron chi connectivity index (χ2n) is 4.90. The van der Waals surface area contributed by atoms with Gasteiger partial charge < -0.3 is 20.5 Å². The highest BCUT2D eigenvalue weighted by molar-refractivity contribution is 5.95. The van der Waals surface area contributed by atoms with Gasteiger partial charge in [-0.05, 0) is 25.0 Å². The summed E-state index contributed by atoms with van der Waals surface area (Å²) in [6.07, 6.45) is 4.37. The lowest BCUT2D eigenvalue weighted by Crippen LogP contribution is -2.24. The van der Waals surface area contributed by atoms with Crippen molar-refractivity contribution in [3.63, 3.8) is 0 Å². The molecule has 0 heterocycles. The molecule has 5 nitrogen and oxygen atoms in total. The van der Waals surface area contributed by atoms with Gasteiger partial charge in [0.25, 0.3) is 0 Å². The highest BCUT2D eigenvalue weighted by atomic mass is 16.5. The number of benzene rings is 1. The van der Waals surface area contributed by atoms with E-state index in [2.05, 4.69) is 5.32 Å². The number of rotatable bonds is 4. The predicted molar refractivity (Wildman–Crippen MR) is 78.1 cm³/mol. The molecule has 1 aromatic carbocycles.